The summed E-state index contributed by atoms with van der Waals surface area (Å²) in [7, 11) is 0. The van der Waals surface area contributed by atoms with Gasteiger partial charge in [-0.15, -0.1) is 0 Å². The van der Waals surface area contributed by atoms with Crippen LogP contribution in [-0.2, 0) is 0 Å². The van der Waals surface area contributed by atoms with Gasteiger partial charge in [-0.2, -0.15) is 4.91 Å². The molecule has 0 saturated heterocycles. The van der Waals surface area contributed by atoms with Gasteiger partial charge in [0.25, 0.3) is 0 Å². The highest BCUT2D eigenvalue weighted by Crippen LogP contribution is 2.21. The first-order chi connectivity index (χ1) is 5.84. The lowest BCUT2D eigenvalue weighted by atomic mass is 10.0. The van der Waals surface area contributed by atoms with Crippen LogP contribution in [0.1, 0.15) is 44.9 Å². The number of rotatable bonds is 1. The Morgan fingerprint density at radius 3 is 2.25 bits per heavy atom. The van der Waals surface area contributed by atoms with E-state index in [4.69, 9.17) is 0 Å². The largest absolute Gasteiger partial charge is 0.245 e. The maximum absolute atomic E-state index is 13.2. The Morgan fingerprint density at radius 1 is 1.00 bits per heavy atom. The highest BCUT2D eigenvalue weighted by atomic mass is 19.1. The Morgan fingerprint density at radius 2 is 1.58 bits per heavy atom. The third-order valence-electron chi connectivity index (χ3n) is 2.53. The number of hydrogen-bond donors (Lipinski definition) is 0. The van der Waals surface area contributed by atoms with Crippen molar-refractivity contribution in [2.24, 2.45) is 5.18 Å². The summed E-state index contributed by atoms with van der Waals surface area (Å²) >= 11 is 0. The van der Waals surface area contributed by atoms with Gasteiger partial charge in [-0.3, -0.25) is 0 Å². The highest BCUT2D eigenvalue weighted by Gasteiger charge is 2.21. The smallest absolute Gasteiger partial charge is 0.126 e. The van der Waals surface area contributed by atoms with Crippen LogP contribution in [0.3, 0.4) is 0 Å². The summed E-state index contributed by atoms with van der Waals surface area (Å²) in [5, 5.41) is 2.85. The molecule has 0 aromatic rings. The molecule has 0 spiro atoms. The van der Waals surface area contributed by atoms with Gasteiger partial charge in [0.1, 0.15) is 12.2 Å². The average molecular weight is 173 g/mol. The predicted octanol–water partition coefficient (Wildman–Crippen LogP) is 3.20. The minimum atomic E-state index is -0.986. The number of nitroso groups, excluding NO2 is 1. The van der Waals surface area contributed by atoms with Crippen molar-refractivity contribution in [1.82, 2.24) is 0 Å². The molecule has 0 bridgehead atoms. The molecule has 70 valence electrons. The van der Waals surface area contributed by atoms with Crippen LogP contribution in [0.4, 0.5) is 4.39 Å². The fourth-order valence-corrected chi connectivity index (χ4v) is 1.72. The second-order valence-corrected chi connectivity index (χ2v) is 3.53. The monoisotopic (exact) mass is 173 g/mol. The second kappa shape index (κ2) is 5.22. The van der Waals surface area contributed by atoms with E-state index in [1.165, 1.54) is 6.42 Å². The van der Waals surface area contributed by atoms with Crippen molar-refractivity contribution in [1.29, 1.82) is 0 Å². The Bertz CT molecular complexity index is 140. The molecule has 12 heavy (non-hydrogen) atoms. The van der Waals surface area contributed by atoms with Crippen molar-refractivity contribution in [2.75, 3.05) is 0 Å². The zero-order valence-corrected chi connectivity index (χ0v) is 7.34. The first kappa shape index (κ1) is 9.62. The first-order valence-corrected chi connectivity index (χ1v) is 4.81. The van der Waals surface area contributed by atoms with Crippen LogP contribution in [0.2, 0.25) is 0 Å². The minimum Gasteiger partial charge on any atom is -0.245 e. The number of nitrogens with zero attached hydrogens (tertiary/aromatic N) is 1. The summed E-state index contributed by atoms with van der Waals surface area (Å²) in [6, 6.07) is -0.567. The second-order valence-electron chi connectivity index (χ2n) is 3.53. The van der Waals surface area contributed by atoms with E-state index in [0.717, 1.165) is 25.7 Å². The van der Waals surface area contributed by atoms with Gasteiger partial charge in [0.2, 0.25) is 0 Å². The number of alkyl halides is 1. The van der Waals surface area contributed by atoms with Crippen molar-refractivity contribution in [3.63, 3.8) is 0 Å². The van der Waals surface area contributed by atoms with E-state index in [1.807, 2.05) is 0 Å². The molecule has 0 aromatic carbocycles. The molecule has 1 rings (SSSR count). The summed E-state index contributed by atoms with van der Waals surface area (Å²) < 4.78 is 13.2. The van der Waals surface area contributed by atoms with E-state index < -0.39 is 12.2 Å². The molecule has 0 N–H and O–H groups in total. The topological polar surface area (TPSA) is 29.4 Å². The van der Waals surface area contributed by atoms with Crippen molar-refractivity contribution in [3.8, 4) is 0 Å². The molecule has 2 nitrogen and oxygen atoms in total. The van der Waals surface area contributed by atoms with Crippen LogP contribution in [-0.4, -0.2) is 12.2 Å². The van der Waals surface area contributed by atoms with Gasteiger partial charge in [-0.05, 0) is 12.8 Å². The predicted molar refractivity (Wildman–Crippen MR) is 46.8 cm³/mol. The molecule has 0 aliphatic heterocycles. The molecule has 3 heteroatoms. The van der Waals surface area contributed by atoms with Gasteiger partial charge in [0.15, 0.2) is 0 Å². The first-order valence-electron chi connectivity index (χ1n) is 4.81. The Labute approximate surface area is 72.5 Å². The maximum Gasteiger partial charge on any atom is 0.126 e. The maximum atomic E-state index is 13.2. The van der Waals surface area contributed by atoms with Crippen molar-refractivity contribution < 1.29 is 4.39 Å². The number of halogens is 1. The molecule has 0 heterocycles. The van der Waals surface area contributed by atoms with Gasteiger partial charge in [-0.25, -0.2) is 4.39 Å². The summed E-state index contributed by atoms with van der Waals surface area (Å²) in [6.45, 7) is 0. The lowest BCUT2D eigenvalue weighted by Gasteiger charge is -2.11. The van der Waals surface area contributed by atoms with Gasteiger partial charge < -0.3 is 0 Å². The van der Waals surface area contributed by atoms with Crippen LogP contribution in [0.25, 0.3) is 0 Å². The molecular formula is C9H16FNO. The molecule has 0 amide bonds. The van der Waals surface area contributed by atoms with E-state index in [9.17, 15) is 9.30 Å². The van der Waals surface area contributed by atoms with E-state index in [0.29, 0.717) is 12.8 Å². The SMILES string of the molecule is O=NC1CCCCCCCC1F. The summed E-state index contributed by atoms with van der Waals surface area (Å²) in [5.41, 5.74) is 0. The quantitative estimate of drug-likeness (QED) is 0.560. The molecule has 0 aromatic heterocycles. The molecule has 0 radical (unpaired) electrons. The lowest BCUT2D eigenvalue weighted by Crippen LogP contribution is -2.18. The fourth-order valence-electron chi connectivity index (χ4n) is 1.72. The molecule has 1 saturated carbocycles. The zero-order valence-electron chi connectivity index (χ0n) is 7.34. The van der Waals surface area contributed by atoms with Crippen LogP contribution in [0.5, 0.6) is 0 Å². The Kier molecular flexibility index (Phi) is 4.19. The average Bonchev–Trinajstić information content (AvgIpc) is 2.17. The summed E-state index contributed by atoms with van der Waals surface area (Å²) in [6.07, 6.45) is 5.45. The third kappa shape index (κ3) is 2.88. The molecule has 1 aliphatic rings. The summed E-state index contributed by atoms with van der Waals surface area (Å²) in [4.78, 5) is 10.3. The normalized spacial score (nSPS) is 33.1. The number of hydrogen-bond acceptors (Lipinski definition) is 2. The highest BCUT2D eigenvalue weighted by molar-refractivity contribution is 4.76. The zero-order chi connectivity index (χ0) is 8.81. The standard InChI is InChI=1S/C9H16FNO/c10-8-6-4-2-1-3-5-7-9(8)11-12/h8-9H,1-7H2. The minimum absolute atomic E-state index is 0.524. The van der Waals surface area contributed by atoms with E-state index in [2.05, 4.69) is 5.18 Å². The molecule has 2 unspecified atom stereocenters. The van der Waals surface area contributed by atoms with Crippen molar-refractivity contribution in [2.45, 2.75) is 57.2 Å². The third-order valence-corrected chi connectivity index (χ3v) is 2.53. The van der Waals surface area contributed by atoms with Gasteiger partial charge in [0, 0.05) is 0 Å². The molecule has 1 aliphatic carbocycles. The van der Waals surface area contributed by atoms with E-state index in [1.54, 1.807) is 0 Å². The van der Waals surface area contributed by atoms with Crippen molar-refractivity contribution in [3.05, 3.63) is 4.91 Å². The van der Waals surface area contributed by atoms with Gasteiger partial charge >= 0.3 is 0 Å². The van der Waals surface area contributed by atoms with E-state index in [-0.39, 0.29) is 0 Å². The van der Waals surface area contributed by atoms with Crippen LogP contribution in [0, 0.1) is 4.91 Å². The molecular weight excluding hydrogens is 157 g/mol. The Hall–Kier alpha value is -0.470. The Balaban J connectivity index is 2.40. The summed E-state index contributed by atoms with van der Waals surface area (Å²) in [5.74, 6) is 0. The molecule has 2 atom stereocenters. The fraction of sp³-hybridized carbons (Fsp3) is 1.00. The van der Waals surface area contributed by atoms with Crippen molar-refractivity contribution >= 4 is 0 Å². The van der Waals surface area contributed by atoms with E-state index >= 15 is 0 Å². The van der Waals surface area contributed by atoms with Gasteiger partial charge in [-0.1, -0.05) is 37.3 Å². The lowest BCUT2D eigenvalue weighted by molar-refractivity contribution is 0.254. The molecule has 1 fully saturated rings. The van der Waals surface area contributed by atoms with Crippen LogP contribution < -0.4 is 0 Å². The van der Waals surface area contributed by atoms with Gasteiger partial charge in [0.05, 0.1) is 0 Å². The van der Waals surface area contributed by atoms with Crippen LogP contribution >= 0.6 is 0 Å². The van der Waals surface area contributed by atoms with Crippen LogP contribution in [0.15, 0.2) is 5.18 Å².